The lowest BCUT2D eigenvalue weighted by Crippen LogP contribution is -2.24. The Balaban J connectivity index is 1.73. The van der Waals surface area contributed by atoms with Gasteiger partial charge in [-0.3, -0.25) is 15.2 Å². The summed E-state index contributed by atoms with van der Waals surface area (Å²) >= 11 is 0. The topological polar surface area (TPSA) is 138 Å². The van der Waals surface area contributed by atoms with Crippen LogP contribution in [0.25, 0.3) is 11.1 Å². The van der Waals surface area contributed by atoms with Crippen molar-refractivity contribution in [2.45, 2.75) is 13.5 Å². The summed E-state index contributed by atoms with van der Waals surface area (Å²) in [7, 11) is 1.22. The molecule has 1 aromatic heterocycles. The molecule has 0 aliphatic heterocycles. The summed E-state index contributed by atoms with van der Waals surface area (Å²) in [6.07, 6.45) is 1.43. The van der Waals surface area contributed by atoms with E-state index in [4.69, 9.17) is 15.9 Å². The summed E-state index contributed by atoms with van der Waals surface area (Å²) in [5, 5.41) is 20.3. The van der Waals surface area contributed by atoms with Crippen LogP contribution in [0.1, 0.15) is 37.5 Å². The molecule has 0 saturated carbocycles. The zero-order valence-electron chi connectivity index (χ0n) is 17.1. The Morgan fingerprint density at radius 2 is 1.61 bits per heavy atom. The Morgan fingerprint density at radius 1 is 1.06 bits per heavy atom. The van der Waals surface area contributed by atoms with Crippen molar-refractivity contribution < 1.29 is 19.4 Å². The fourth-order valence-corrected chi connectivity index (χ4v) is 3.03. The van der Waals surface area contributed by atoms with Crippen LogP contribution in [0.5, 0.6) is 5.75 Å². The van der Waals surface area contributed by atoms with E-state index < -0.39 is 5.97 Å². The molecule has 0 spiro atoms. The second-order valence-electron chi connectivity index (χ2n) is 6.84. The van der Waals surface area contributed by atoms with Gasteiger partial charge in [0.1, 0.15) is 11.4 Å². The molecule has 2 aromatic carbocycles. The zero-order chi connectivity index (χ0) is 22.5. The average Bonchev–Trinajstić information content (AvgIpc) is 2.79. The first-order valence-corrected chi connectivity index (χ1v) is 9.40. The van der Waals surface area contributed by atoms with Crippen LogP contribution < -0.4 is 11.1 Å². The number of nitrogens with zero attached hydrogens (tertiary/aromatic N) is 1. The van der Waals surface area contributed by atoms with Crippen molar-refractivity contribution in [3.05, 3.63) is 82.7 Å². The Hall–Kier alpha value is -4.20. The number of ether oxygens (including phenoxy) is 1. The van der Waals surface area contributed by atoms with Crippen LogP contribution in [0.15, 0.2) is 54.7 Å². The fraction of sp³-hybridized carbons (Fsp3) is 0.130. The molecule has 0 radical (unpaired) electrons. The molecule has 0 aliphatic carbocycles. The van der Waals surface area contributed by atoms with E-state index in [0.29, 0.717) is 22.4 Å². The van der Waals surface area contributed by atoms with Gasteiger partial charge in [-0.05, 0) is 30.2 Å². The van der Waals surface area contributed by atoms with Gasteiger partial charge >= 0.3 is 5.97 Å². The number of aromatic nitrogens is 1. The first-order valence-electron chi connectivity index (χ1n) is 9.40. The number of rotatable bonds is 6. The lowest BCUT2D eigenvalue weighted by Gasteiger charge is -2.12. The number of methoxy groups -OCH3 is 1. The maximum absolute atomic E-state index is 12.5. The Morgan fingerprint density at radius 3 is 2.13 bits per heavy atom. The molecule has 0 bridgehead atoms. The van der Waals surface area contributed by atoms with Crippen molar-refractivity contribution in [3.63, 3.8) is 0 Å². The zero-order valence-corrected chi connectivity index (χ0v) is 17.1. The first-order chi connectivity index (χ1) is 14.8. The van der Waals surface area contributed by atoms with Crippen molar-refractivity contribution in [1.29, 1.82) is 5.41 Å². The van der Waals surface area contributed by atoms with Crippen LogP contribution in [0, 0.1) is 12.3 Å². The molecule has 5 N–H and O–H groups in total. The predicted molar refractivity (Wildman–Crippen MR) is 116 cm³/mol. The molecule has 3 rings (SSSR count). The minimum Gasteiger partial charge on any atom is -0.505 e. The smallest absolute Gasteiger partial charge is 0.342 e. The minimum absolute atomic E-state index is 0.00162. The molecule has 0 aliphatic rings. The molecule has 0 fully saturated rings. The highest BCUT2D eigenvalue weighted by Crippen LogP contribution is 2.25. The second kappa shape index (κ2) is 9.08. The molecular weight excluding hydrogens is 396 g/mol. The Kier molecular flexibility index (Phi) is 6.30. The number of carbonyl (C=O) groups is 2. The number of amidine groups is 1. The molecule has 8 heteroatoms. The van der Waals surface area contributed by atoms with Crippen molar-refractivity contribution in [3.8, 4) is 16.9 Å². The van der Waals surface area contributed by atoms with Gasteiger partial charge in [-0.25, -0.2) is 4.79 Å². The largest absolute Gasteiger partial charge is 0.505 e. The number of nitrogen functional groups attached to an aromatic ring is 1. The molecule has 158 valence electrons. The number of aromatic hydroxyl groups is 1. The number of hydrogen-bond acceptors (Lipinski definition) is 6. The molecular formula is C23H22N4O4. The van der Waals surface area contributed by atoms with E-state index in [1.807, 2.05) is 24.3 Å². The Bertz CT molecular complexity index is 1140. The number of carbonyl (C=O) groups excluding carboxylic acids is 2. The SMILES string of the molecule is COC(=O)c1c(CNC(=O)c2ccc(-c3ccc(C(=N)N)cc3)cc2)cnc(C)c1O. The van der Waals surface area contributed by atoms with E-state index in [1.165, 1.54) is 13.3 Å². The molecule has 3 aromatic rings. The van der Waals surface area contributed by atoms with Gasteiger partial charge in [0.05, 0.1) is 12.8 Å². The van der Waals surface area contributed by atoms with Crippen LogP contribution in [-0.4, -0.2) is 34.9 Å². The minimum atomic E-state index is -0.701. The van der Waals surface area contributed by atoms with Gasteiger partial charge in [-0.2, -0.15) is 0 Å². The van der Waals surface area contributed by atoms with Gasteiger partial charge in [0.2, 0.25) is 0 Å². The number of benzene rings is 2. The molecule has 0 atom stereocenters. The average molecular weight is 418 g/mol. The summed E-state index contributed by atoms with van der Waals surface area (Å²) < 4.78 is 4.72. The maximum Gasteiger partial charge on any atom is 0.342 e. The summed E-state index contributed by atoms with van der Waals surface area (Å²) in [6, 6.07) is 14.3. The van der Waals surface area contributed by atoms with Gasteiger partial charge in [0.15, 0.2) is 5.75 Å². The molecule has 0 unspecified atom stereocenters. The van der Waals surface area contributed by atoms with Crippen molar-refractivity contribution in [1.82, 2.24) is 10.3 Å². The number of amides is 1. The van der Waals surface area contributed by atoms with Gasteiger partial charge in [0.25, 0.3) is 5.91 Å². The number of nitrogens with one attached hydrogen (secondary N) is 2. The fourth-order valence-electron chi connectivity index (χ4n) is 3.03. The molecule has 1 heterocycles. The lowest BCUT2D eigenvalue weighted by atomic mass is 10.0. The summed E-state index contributed by atoms with van der Waals surface area (Å²) in [5.74, 6) is -1.30. The normalized spacial score (nSPS) is 10.4. The van der Waals surface area contributed by atoms with E-state index in [1.54, 1.807) is 31.2 Å². The summed E-state index contributed by atoms with van der Waals surface area (Å²) in [5.41, 5.74) is 9.02. The highest BCUT2D eigenvalue weighted by molar-refractivity contribution is 5.97. The predicted octanol–water partition coefficient (Wildman–Crippen LogP) is 2.76. The number of pyridine rings is 1. The Labute approximate surface area is 179 Å². The van der Waals surface area contributed by atoms with E-state index in [-0.39, 0.29) is 29.6 Å². The first kappa shape index (κ1) is 21.5. The van der Waals surface area contributed by atoms with Crippen LogP contribution in [0.3, 0.4) is 0 Å². The summed E-state index contributed by atoms with van der Waals surface area (Å²) in [6.45, 7) is 1.57. The number of aryl methyl sites for hydroxylation is 1. The number of esters is 1. The third-order valence-electron chi connectivity index (χ3n) is 4.82. The monoisotopic (exact) mass is 418 g/mol. The number of nitrogens with two attached hydrogens (primary N) is 1. The highest BCUT2D eigenvalue weighted by atomic mass is 16.5. The highest BCUT2D eigenvalue weighted by Gasteiger charge is 2.20. The van der Waals surface area contributed by atoms with Crippen molar-refractivity contribution >= 4 is 17.7 Å². The van der Waals surface area contributed by atoms with Crippen molar-refractivity contribution in [2.24, 2.45) is 5.73 Å². The number of hydrogen-bond donors (Lipinski definition) is 4. The molecule has 31 heavy (non-hydrogen) atoms. The van der Waals surface area contributed by atoms with Crippen LogP contribution >= 0.6 is 0 Å². The van der Waals surface area contributed by atoms with E-state index in [2.05, 4.69) is 10.3 Å². The molecule has 8 nitrogen and oxygen atoms in total. The van der Waals surface area contributed by atoms with Gasteiger partial charge in [-0.1, -0.05) is 36.4 Å². The van der Waals surface area contributed by atoms with Gasteiger partial charge < -0.3 is 20.9 Å². The van der Waals surface area contributed by atoms with E-state index >= 15 is 0 Å². The standard InChI is InChI=1S/C23H22N4O4/c1-13-20(28)19(23(30)31-2)18(11-26-13)12-27-22(29)17-9-5-15(6-10-17)14-3-7-16(8-4-14)21(24)25/h3-11,28H,12H2,1-2H3,(H3,24,25)(H,27,29). The molecule has 0 saturated heterocycles. The lowest BCUT2D eigenvalue weighted by molar-refractivity contribution is 0.0594. The van der Waals surface area contributed by atoms with Crippen LogP contribution in [0.4, 0.5) is 0 Å². The van der Waals surface area contributed by atoms with Gasteiger partial charge in [0, 0.05) is 29.4 Å². The van der Waals surface area contributed by atoms with E-state index in [9.17, 15) is 14.7 Å². The second-order valence-corrected chi connectivity index (χ2v) is 6.84. The van der Waals surface area contributed by atoms with E-state index in [0.717, 1.165) is 11.1 Å². The quantitative estimate of drug-likeness (QED) is 0.276. The maximum atomic E-state index is 12.5. The summed E-state index contributed by atoms with van der Waals surface area (Å²) in [4.78, 5) is 28.6. The van der Waals surface area contributed by atoms with Crippen LogP contribution in [-0.2, 0) is 11.3 Å². The van der Waals surface area contributed by atoms with Crippen molar-refractivity contribution in [2.75, 3.05) is 7.11 Å². The molecule has 1 amide bonds. The van der Waals surface area contributed by atoms with Crippen LogP contribution in [0.2, 0.25) is 0 Å². The third kappa shape index (κ3) is 4.69. The van der Waals surface area contributed by atoms with Gasteiger partial charge in [-0.15, -0.1) is 0 Å². The third-order valence-corrected chi connectivity index (χ3v) is 4.82.